The van der Waals surface area contributed by atoms with Crippen molar-refractivity contribution in [2.45, 2.75) is 19.6 Å². The summed E-state index contributed by atoms with van der Waals surface area (Å²) >= 11 is 0. The molecule has 6 nitrogen and oxygen atoms in total. The van der Waals surface area contributed by atoms with Crippen LogP contribution in [0.4, 0.5) is 0 Å². The lowest BCUT2D eigenvalue weighted by Crippen LogP contribution is -2.50. The van der Waals surface area contributed by atoms with Crippen molar-refractivity contribution in [1.82, 2.24) is 14.7 Å². The largest absolute Gasteiger partial charge is 0.486 e. The van der Waals surface area contributed by atoms with Crippen LogP contribution in [0.2, 0.25) is 0 Å². The highest BCUT2D eigenvalue weighted by Crippen LogP contribution is 2.30. The quantitative estimate of drug-likeness (QED) is 0.733. The van der Waals surface area contributed by atoms with Crippen molar-refractivity contribution < 1.29 is 14.3 Å². The van der Waals surface area contributed by atoms with Gasteiger partial charge in [-0.1, -0.05) is 36.4 Å². The standard InChI is InChI=1S/C24H31N3O3/c1-19-7-3-4-8-20(19)15-26-11-13-27(14-12-26)17-24(28)25(2)16-21-18-29-22-9-5-6-10-23(22)30-21/h3-10,21H,11-18H2,1-2H3/t21-/m1/s1. The fraction of sp³-hybridized carbons (Fsp3) is 0.458. The first-order valence-electron chi connectivity index (χ1n) is 10.7. The van der Waals surface area contributed by atoms with Crippen LogP contribution in [0.1, 0.15) is 11.1 Å². The van der Waals surface area contributed by atoms with Gasteiger partial charge in [0.05, 0.1) is 13.1 Å². The third-order valence-corrected chi connectivity index (χ3v) is 5.95. The van der Waals surface area contributed by atoms with Gasteiger partial charge in [0.2, 0.25) is 5.91 Å². The predicted octanol–water partition coefficient (Wildman–Crippen LogP) is 2.41. The Morgan fingerprint density at radius 1 is 1.00 bits per heavy atom. The molecule has 2 aliphatic heterocycles. The van der Waals surface area contributed by atoms with Crippen molar-refractivity contribution in [2.24, 2.45) is 0 Å². The van der Waals surface area contributed by atoms with Crippen molar-refractivity contribution in [1.29, 1.82) is 0 Å². The van der Waals surface area contributed by atoms with Crippen molar-refractivity contribution in [2.75, 3.05) is 52.9 Å². The maximum atomic E-state index is 12.7. The number of carbonyl (C=O) groups excluding carboxylic acids is 1. The fourth-order valence-electron chi connectivity index (χ4n) is 4.01. The average molecular weight is 410 g/mol. The minimum Gasteiger partial charge on any atom is -0.486 e. The van der Waals surface area contributed by atoms with Crippen molar-refractivity contribution in [3.8, 4) is 11.5 Å². The number of nitrogens with zero attached hydrogens (tertiary/aromatic N) is 3. The van der Waals surface area contributed by atoms with Gasteiger partial charge in [0.15, 0.2) is 17.6 Å². The molecule has 0 saturated carbocycles. The van der Waals surface area contributed by atoms with E-state index in [-0.39, 0.29) is 12.0 Å². The first kappa shape index (κ1) is 20.7. The van der Waals surface area contributed by atoms with Gasteiger partial charge >= 0.3 is 0 Å². The number of carbonyl (C=O) groups is 1. The number of rotatable bonds is 6. The number of aryl methyl sites for hydroxylation is 1. The van der Waals surface area contributed by atoms with Crippen LogP contribution < -0.4 is 9.47 Å². The molecule has 160 valence electrons. The Kier molecular flexibility index (Phi) is 6.55. The van der Waals surface area contributed by atoms with E-state index in [1.165, 1.54) is 11.1 Å². The highest BCUT2D eigenvalue weighted by atomic mass is 16.6. The number of hydrogen-bond acceptors (Lipinski definition) is 5. The van der Waals surface area contributed by atoms with Gasteiger partial charge in [-0.25, -0.2) is 0 Å². The number of amides is 1. The number of benzene rings is 2. The van der Waals surface area contributed by atoms with Gasteiger partial charge in [-0.3, -0.25) is 14.6 Å². The fourth-order valence-corrected chi connectivity index (χ4v) is 4.01. The number of ether oxygens (including phenoxy) is 2. The molecule has 0 unspecified atom stereocenters. The van der Waals surface area contributed by atoms with Crippen molar-refractivity contribution >= 4 is 5.91 Å². The Labute approximate surface area is 179 Å². The third kappa shape index (κ3) is 5.12. The lowest BCUT2D eigenvalue weighted by molar-refractivity contribution is -0.133. The van der Waals surface area contributed by atoms with Crippen molar-refractivity contribution in [3.05, 3.63) is 59.7 Å². The van der Waals surface area contributed by atoms with Gasteiger partial charge in [0.1, 0.15) is 6.61 Å². The number of hydrogen-bond donors (Lipinski definition) is 0. The van der Waals surface area contributed by atoms with E-state index in [9.17, 15) is 4.79 Å². The zero-order valence-electron chi connectivity index (χ0n) is 17.9. The first-order chi connectivity index (χ1) is 14.6. The summed E-state index contributed by atoms with van der Waals surface area (Å²) in [6.45, 7) is 8.41. The molecule has 1 saturated heterocycles. The number of piperazine rings is 1. The molecule has 0 aliphatic carbocycles. The number of para-hydroxylation sites is 2. The molecule has 0 aromatic heterocycles. The molecule has 1 fully saturated rings. The predicted molar refractivity (Wildman–Crippen MR) is 117 cm³/mol. The normalized spacial score (nSPS) is 19.5. The van der Waals surface area contributed by atoms with E-state index in [0.717, 1.165) is 44.2 Å². The van der Waals surface area contributed by atoms with Crippen LogP contribution in [-0.2, 0) is 11.3 Å². The molecule has 2 aliphatic rings. The summed E-state index contributed by atoms with van der Waals surface area (Å²) in [6.07, 6.45) is -0.139. The Bertz CT molecular complexity index is 864. The van der Waals surface area contributed by atoms with Crippen LogP contribution >= 0.6 is 0 Å². The maximum absolute atomic E-state index is 12.7. The van der Waals surface area contributed by atoms with Gasteiger partial charge in [-0.2, -0.15) is 0 Å². The van der Waals surface area contributed by atoms with E-state index in [4.69, 9.17) is 9.47 Å². The highest BCUT2D eigenvalue weighted by Gasteiger charge is 2.25. The van der Waals surface area contributed by atoms with E-state index < -0.39 is 0 Å². The van der Waals surface area contributed by atoms with Crippen LogP contribution in [0.15, 0.2) is 48.5 Å². The van der Waals surface area contributed by atoms with Crippen LogP contribution in [0, 0.1) is 6.92 Å². The molecule has 0 bridgehead atoms. The molecule has 2 heterocycles. The molecular weight excluding hydrogens is 378 g/mol. The molecule has 30 heavy (non-hydrogen) atoms. The summed E-state index contributed by atoms with van der Waals surface area (Å²) < 4.78 is 11.7. The monoisotopic (exact) mass is 409 g/mol. The Morgan fingerprint density at radius 3 is 2.43 bits per heavy atom. The Balaban J connectivity index is 1.21. The number of likely N-dealkylation sites (N-methyl/N-ethyl adjacent to an activating group) is 1. The Hall–Kier alpha value is -2.57. The molecule has 2 aromatic rings. The average Bonchev–Trinajstić information content (AvgIpc) is 2.76. The molecule has 1 amide bonds. The first-order valence-corrected chi connectivity index (χ1v) is 10.7. The third-order valence-electron chi connectivity index (χ3n) is 5.95. The summed E-state index contributed by atoms with van der Waals surface area (Å²) in [5.74, 6) is 1.65. The van der Waals surface area contributed by atoms with E-state index >= 15 is 0 Å². The van der Waals surface area contributed by atoms with E-state index in [2.05, 4.69) is 41.0 Å². The molecule has 0 spiro atoms. The zero-order valence-corrected chi connectivity index (χ0v) is 17.9. The maximum Gasteiger partial charge on any atom is 0.236 e. The van der Waals surface area contributed by atoms with Gasteiger partial charge in [-0.05, 0) is 30.2 Å². The summed E-state index contributed by atoms with van der Waals surface area (Å²) in [5, 5.41) is 0. The van der Waals surface area contributed by atoms with Gasteiger partial charge in [0, 0.05) is 39.8 Å². The van der Waals surface area contributed by atoms with Crippen LogP contribution in [-0.4, -0.2) is 79.6 Å². The second kappa shape index (κ2) is 9.49. The van der Waals surface area contributed by atoms with Gasteiger partial charge in [-0.15, -0.1) is 0 Å². The molecular formula is C24H31N3O3. The van der Waals surface area contributed by atoms with E-state index in [1.54, 1.807) is 4.90 Å². The summed E-state index contributed by atoms with van der Waals surface area (Å²) in [7, 11) is 1.85. The lowest BCUT2D eigenvalue weighted by Gasteiger charge is -2.35. The molecule has 6 heteroatoms. The zero-order chi connectivity index (χ0) is 20.9. The van der Waals surface area contributed by atoms with Crippen LogP contribution in [0.25, 0.3) is 0 Å². The second-order valence-electron chi connectivity index (χ2n) is 8.25. The molecule has 0 N–H and O–H groups in total. The van der Waals surface area contributed by atoms with Gasteiger partial charge in [0.25, 0.3) is 0 Å². The lowest BCUT2D eigenvalue weighted by atomic mass is 10.1. The topological polar surface area (TPSA) is 45.2 Å². The summed E-state index contributed by atoms with van der Waals surface area (Å²) in [4.78, 5) is 19.2. The van der Waals surface area contributed by atoms with E-state index in [1.807, 2.05) is 31.3 Å². The molecule has 1 atom stereocenters. The SMILES string of the molecule is Cc1ccccc1CN1CCN(CC(=O)N(C)C[C@@H]2COc3ccccc3O2)CC1. The summed E-state index contributed by atoms with van der Waals surface area (Å²) in [6, 6.07) is 16.2. The highest BCUT2D eigenvalue weighted by molar-refractivity contribution is 5.78. The van der Waals surface area contributed by atoms with Crippen LogP contribution in [0.5, 0.6) is 11.5 Å². The Morgan fingerprint density at radius 2 is 1.67 bits per heavy atom. The minimum absolute atomic E-state index is 0.129. The summed E-state index contributed by atoms with van der Waals surface area (Å²) in [5.41, 5.74) is 2.73. The molecule has 4 rings (SSSR count). The molecule has 0 radical (unpaired) electrons. The van der Waals surface area contributed by atoms with Gasteiger partial charge < -0.3 is 14.4 Å². The van der Waals surface area contributed by atoms with E-state index in [0.29, 0.717) is 19.7 Å². The van der Waals surface area contributed by atoms with Crippen LogP contribution in [0.3, 0.4) is 0 Å². The smallest absolute Gasteiger partial charge is 0.236 e. The number of fused-ring (bicyclic) bond motifs is 1. The van der Waals surface area contributed by atoms with Crippen molar-refractivity contribution in [3.63, 3.8) is 0 Å². The molecule has 2 aromatic carbocycles. The second-order valence-corrected chi connectivity index (χ2v) is 8.25. The minimum atomic E-state index is -0.139.